The maximum atomic E-state index is 12.1. The largest absolute Gasteiger partial charge is 0.438 e. The van der Waals surface area contributed by atoms with Crippen LogP contribution in [-0.4, -0.2) is 31.8 Å². The number of halogens is 3. The highest BCUT2D eigenvalue weighted by atomic mass is 19.4. The Bertz CT molecular complexity index is 862. The third-order valence-electron chi connectivity index (χ3n) is 3.12. The molecule has 7 nitrogen and oxygen atoms in total. The smallest absolute Gasteiger partial charge is 0.397 e. The van der Waals surface area contributed by atoms with Crippen molar-refractivity contribution in [1.82, 2.24) is 19.7 Å². The van der Waals surface area contributed by atoms with E-state index in [-0.39, 0.29) is 11.6 Å². The minimum atomic E-state index is -4.55. The van der Waals surface area contributed by atoms with Gasteiger partial charge in [0, 0.05) is 24.1 Å². The predicted molar refractivity (Wildman–Crippen MR) is 85.0 cm³/mol. The number of nitrogens with one attached hydrogen (secondary N) is 1. The highest BCUT2D eigenvalue weighted by molar-refractivity contribution is 5.91. The van der Waals surface area contributed by atoms with Gasteiger partial charge in [0.05, 0.1) is 0 Å². The van der Waals surface area contributed by atoms with E-state index in [4.69, 9.17) is 4.74 Å². The normalized spacial score (nSPS) is 11.2. The van der Waals surface area contributed by atoms with Crippen LogP contribution in [0.4, 0.5) is 18.9 Å². The van der Waals surface area contributed by atoms with Gasteiger partial charge in [-0.3, -0.25) is 9.36 Å². The van der Waals surface area contributed by atoms with E-state index in [1.807, 2.05) is 0 Å². The molecule has 0 unspecified atom stereocenters. The van der Waals surface area contributed by atoms with Gasteiger partial charge in [-0.05, 0) is 30.3 Å². The quantitative estimate of drug-likeness (QED) is 0.752. The number of aromatic nitrogens is 4. The van der Waals surface area contributed by atoms with E-state index in [0.29, 0.717) is 11.6 Å². The van der Waals surface area contributed by atoms with E-state index in [2.05, 4.69) is 20.5 Å². The first-order chi connectivity index (χ1) is 12.4. The van der Waals surface area contributed by atoms with Crippen LogP contribution in [0.2, 0.25) is 0 Å². The Balaban J connectivity index is 1.60. The maximum Gasteiger partial charge on any atom is 0.397 e. The third-order valence-corrected chi connectivity index (χ3v) is 3.12. The van der Waals surface area contributed by atoms with Crippen molar-refractivity contribution in [1.29, 1.82) is 0 Å². The van der Waals surface area contributed by atoms with Crippen LogP contribution in [-0.2, 0) is 4.79 Å². The predicted octanol–water partition coefficient (Wildman–Crippen LogP) is 3.35. The summed E-state index contributed by atoms with van der Waals surface area (Å²) in [5, 5.41) is 10.1. The molecule has 1 aromatic carbocycles. The summed E-state index contributed by atoms with van der Waals surface area (Å²) in [5.74, 6) is 0.0657. The van der Waals surface area contributed by atoms with Crippen LogP contribution in [0, 0.1) is 0 Å². The molecule has 134 valence electrons. The van der Waals surface area contributed by atoms with E-state index >= 15 is 0 Å². The first-order valence-electron chi connectivity index (χ1n) is 7.36. The summed E-state index contributed by atoms with van der Waals surface area (Å²) in [4.78, 5) is 15.2. The fourth-order valence-electron chi connectivity index (χ4n) is 2.01. The van der Waals surface area contributed by atoms with Crippen molar-refractivity contribution in [2.24, 2.45) is 0 Å². The molecule has 0 aliphatic heterocycles. The zero-order valence-electron chi connectivity index (χ0n) is 13.1. The molecule has 0 bridgehead atoms. The number of imidazole rings is 1. The topological polar surface area (TPSA) is 81.9 Å². The molecule has 2 heterocycles. The third kappa shape index (κ3) is 4.79. The zero-order chi connectivity index (χ0) is 18.6. The van der Waals surface area contributed by atoms with E-state index < -0.39 is 18.5 Å². The fraction of sp³-hybridized carbons (Fsp3) is 0.125. The molecule has 3 rings (SSSR count). The van der Waals surface area contributed by atoms with E-state index in [0.717, 1.165) is 0 Å². The van der Waals surface area contributed by atoms with Crippen LogP contribution >= 0.6 is 0 Å². The number of alkyl halides is 3. The Morgan fingerprint density at radius 3 is 2.46 bits per heavy atom. The van der Waals surface area contributed by atoms with Crippen LogP contribution in [0.5, 0.6) is 11.6 Å². The second-order valence-electron chi connectivity index (χ2n) is 5.17. The van der Waals surface area contributed by atoms with Gasteiger partial charge in [-0.1, -0.05) is 0 Å². The van der Waals surface area contributed by atoms with E-state index in [1.54, 1.807) is 35.4 Å². The van der Waals surface area contributed by atoms with Crippen molar-refractivity contribution in [2.75, 3.05) is 5.32 Å². The second-order valence-corrected chi connectivity index (χ2v) is 5.17. The van der Waals surface area contributed by atoms with Crippen molar-refractivity contribution in [2.45, 2.75) is 12.6 Å². The van der Waals surface area contributed by atoms with Crippen LogP contribution in [0.3, 0.4) is 0 Å². The molecule has 3 aromatic rings. The van der Waals surface area contributed by atoms with E-state index in [1.165, 1.54) is 24.3 Å². The van der Waals surface area contributed by atoms with Crippen molar-refractivity contribution >= 4 is 11.6 Å². The zero-order valence-corrected chi connectivity index (χ0v) is 13.1. The summed E-state index contributed by atoms with van der Waals surface area (Å²) in [6.45, 7) is 0. The van der Waals surface area contributed by atoms with Crippen LogP contribution in [0.15, 0.2) is 55.1 Å². The first kappa shape index (κ1) is 17.4. The lowest BCUT2D eigenvalue weighted by molar-refractivity contribution is -0.150. The average Bonchev–Trinajstić information content (AvgIpc) is 3.10. The Kier molecular flexibility index (Phi) is 4.83. The molecule has 0 saturated heterocycles. The number of benzene rings is 1. The Morgan fingerprint density at radius 1 is 1.12 bits per heavy atom. The molecule has 0 atom stereocenters. The molecule has 1 N–H and O–H groups in total. The summed E-state index contributed by atoms with van der Waals surface area (Å²) in [7, 11) is 0. The Morgan fingerprint density at radius 2 is 1.88 bits per heavy atom. The number of anilines is 1. The molecule has 1 amide bonds. The molecular weight excluding hydrogens is 351 g/mol. The van der Waals surface area contributed by atoms with Gasteiger partial charge in [0.1, 0.15) is 18.5 Å². The highest BCUT2D eigenvalue weighted by Crippen LogP contribution is 2.23. The minimum absolute atomic E-state index is 0.230. The van der Waals surface area contributed by atoms with Gasteiger partial charge in [-0.2, -0.15) is 13.2 Å². The van der Waals surface area contributed by atoms with Gasteiger partial charge in [0.2, 0.25) is 11.8 Å². The number of amides is 1. The van der Waals surface area contributed by atoms with Crippen LogP contribution < -0.4 is 10.1 Å². The molecule has 26 heavy (non-hydrogen) atoms. The molecular formula is C16H12F3N5O2. The van der Waals surface area contributed by atoms with Crippen LogP contribution in [0.1, 0.15) is 6.42 Å². The minimum Gasteiger partial charge on any atom is -0.438 e. The first-order valence-corrected chi connectivity index (χ1v) is 7.36. The summed E-state index contributed by atoms with van der Waals surface area (Å²) in [6, 6.07) is 9.15. The lowest BCUT2D eigenvalue weighted by Crippen LogP contribution is -2.21. The van der Waals surface area contributed by atoms with E-state index in [9.17, 15) is 18.0 Å². The molecule has 10 heteroatoms. The van der Waals surface area contributed by atoms with Gasteiger partial charge in [-0.15, -0.1) is 10.2 Å². The number of ether oxygens (including phenoxy) is 1. The number of hydrogen-bond donors (Lipinski definition) is 1. The summed E-state index contributed by atoms with van der Waals surface area (Å²) >= 11 is 0. The number of rotatable bonds is 5. The van der Waals surface area contributed by atoms with Gasteiger partial charge in [0.25, 0.3) is 0 Å². The molecule has 0 saturated carbocycles. The second kappa shape index (κ2) is 7.21. The highest BCUT2D eigenvalue weighted by Gasteiger charge is 2.31. The standard InChI is InChI=1S/C16H12F3N5O2/c17-16(18,19)9-14(25)21-11-1-3-12(4-2-11)26-15-6-5-13(22-23-15)24-8-7-20-10-24/h1-8,10H,9H2,(H,21,25). The van der Waals surface area contributed by atoms with Crippen molar-refractivity contribution in [3.8, 4) is 17.4 Å². The summed E-state index contributed by atoms with van der Waals surface area (Å²) in [6.07, 6.45) is -1.17. The SMILES string of the molecule is O=C(CC(F)(F)F)Nc1ccc(Oc2ccc(-n3ccnc3)nn2)cc1. The van der Waals surface area contributed by atoms with Gasteiger partial charge in [0.15, 0.2) is 5.82 Å². The number of carbonyl (C=O) groups excluding carboxylic acids is 1. The van der Waals surface area contributed by atoms with Crippen molar-refractivity contribution < 1.29 is 22.7 Å². The Labute approximate surface area is 145 Å². The number of nitrogens with zero attached hydrogens (tertiary/aromatic N) is 4. The van der Waals surface area contributed by atoms with Crippen molar-refractivity contribution in [3.05, 3.63) is 55.1 Å². The maximum absolute atomic E-state index is 12.1. The number of hydrogen-bond acceptors (Lipinski definition) is 5. The molecule has 0 radical (unpaired) electrons. The lowest BCUT2D eigenvalue weighted by atomic mass is 10.3. The Hall–Kier alpha value is -3.43. The van der Waals surface area contributed by atoms with Crippen LogP contribution in [0.25, 0.3) is 5.82 Å². The molecule has 0 fully saturated rings. The molecule has 0 aliphatic rings. The van der Waals surface area contributed by atoms with Gasteiger partial charge < -0.3 is 10.1 Å². The van der Waals surface area contributed by atoms with Crippen molar-refractivity contribution in [3.63, 3.8) is 0 Å². The summed E-state index contributed by atoms with van der Waals surface area (Å²) in [5.41, 5.74) is 0.230. The monoisotopic (exact) mass is 363 g/mol. The van der Waals surface area contributed by atoms with Gasteiger partial charge >= 0.3 is 6.18 Å². The molecule has 0 spiro atoms. The average molecular weight is 363 g/mol. The molecule has 0 aliphatic carbocycles. The summed E-state index contributed by atoms with van der Waals surface area (Å²) < 4.78 is 43.6. The van der Waals surface area contributed by atoms with Gasteiger partial charge in [-0.25, -0.2) is 4.98 Å². The number of carbonyl (C=O) groups is 1. The fourth-order valence-corrected chi connectivity index (χ4v) is 2.01. The lowest BCUT2D eigenvalue weighted by Gasteiger charge is -2.09. The molecule has 2 aromatic heterocycles.